The molecule has 0 saturated heterocycles. The standard InChI is InChI=1S/C14H25NO/c1-9-5-11-6-12(13(9)15-4)8-14(3,7-11)10(2)16/h9,11-13,15H,5-8H2,1-4H3. The van der Waals surface area contributed by atoms with E-state index in [2.05, 4.69) is 26.2 Å². The molecule has 5 atom stereocenters. The van der Waals surface area contributed by atoms with Crippen molar-refractivity contribution in [1.29, 1.82) is 0 Å². The minimum Gasteiger partial charge on any atom is -0.316 e. The lowest BCUT2D eigenvalue weighted by molar-refractivity contribution is -0.131. The topological polar surface area (TPSA) is 29.1 Å². The van der Waals surface area contributed by atoms with Gasteiger partial charge in [-0.15, -0.1) is 0 Å². The van der Waals surface area contributed by atoms with Crippen LogP contribution in [0.3, 0.4) is 0 Å². The Morgan fingerprint density at radius 3 is 2.56 bits per heavy atom. The summed E-state index contributed by atoms with van der Waals surface area (Å²) in [6.07, 6.45) is 4.85. The summed E-state index contributed by atoms with van der Waals surface area (Å²) in [5.41, 5.74) is -0.0389. The fourth-order valence-corrected chi connectivity index (χ4v) is 4.29. The van der Waals surface area contributed by atoms with Crippen LogP contribution in [0.25, 0.3) is 0 Å². The summed E-state index contributed by atoms with van der Waals surface area (Å²) in [7, 11) is 2.07. The first kappa shape index (κ1) is 12.1. The average Bonchev–Trinajstić information content (AvgIpc) is 2.16. The van der Waals surface area contributed by atoms with E-state index >= 15 is 0 Å². The molecule has 2 bridgehead atoms. The van der Waals surface area contributed by atoms with Gasteiger partial charge in [0.1, 0.15) is 5.78 Å². The van der Waals surface area contributed by atoms with Gasteiger partial charge in [-0.05, 0) is 57.4 Å². The number of hydrogen-bond donors (Lipinski definition) is 1. The van der Waals surface area contributed by atoms with Crippen molar-refractivity contribution in [3.8, 4) is 0 Å². The normalized spacial score (nSPS) is 47.8. The summed E-state index contributed by atoms with van der Waals surface area (Å²) in [5, 5.41) is 3.47. The van der Waals surface area contributed by atoms with Gasteiger partial charge < -0.3 is 5.32 Å². The molecule has 2 heteroatoms. The third-order valence-electron chi connectivity index (χ3n) is 5.10. The Balaban J connectivity index is 2.18. The van der Waals surface area contributed by atoms with Gasteiger partial charge in [-0.1, -0.05) is 13.8 Å². The Kier molecular flexibility index (Phi) is 3.13. The summed E-state index contributed by atoms with van der Waals surface area (Å²) >= 11 is 0. The molecule has 0 aromatic carbocycles. The van der Waals surface area contributed by atoms with Crippen LogP contribution in [0.4, 0.5) is 0 Å². The van der Waals surface area contributed by atoms with Crippen LogP contribution in [0.5, 0.6) is 0 Å². The van der Waals surface area contributed by atoms with E-state index in [1.165, 1.54) is 12.8 Å². The highest BCUT2D eigenvalue weighted by Gasteiger charge is 2.46. The van der Waals surface area contributed by atoms with Gasteiger partial charge in [0.25, 0.3) is 0 Å². The number of fused-ring (bicyclic) bond motifs is 2. The van der Waals surface area contributed by atoms with Crippen molar-refractivity contribution < 1.29 is 4.79 Å². The second kappa shape index (κ2) is 4.14. The van der Waals surface area contributed by atoms with Gasteiger partial charge in [0.2, 0.25) is 0 Å². The van der Waals surface area contributed by atoms with Crippen molar-refractivity contribution in [1.82, 2.24) is 5.32 Å². The first-order chi connectivity index (χ1) is 7.46. The summed E-state index contributed by atoms with van der Waals surface area (Å²) < 4.78 is 0. The molecule has 0 spiro atoms. The summed E-state index contributed by atoms with van der Waals surface area (Å²) in [5.74, 6) is 2.66. The quantitative estimate of drug-likeness (QED) is 0.779. The highest BCUT2D eigenvalue weighted by Crippen LogP contribution is 2.50. The maximum Gasteiger partial charge on any atom is 0.135 e. The number of ketones is 1. The predicted octanol–water partition coefficient (Wildman–Crippen LogP) is 2.63. The molecule has 0 aromatic rings. The van der Waals surface area contributed by atoms with Crippen molar-refractivity contribution in [3.63, 3.8) is 0 Å². The van der Waals surface area contributed by atoms with Crippen molar-refractivity contribution in [2.75, 3.05) is 7.05 Å². The number of rotatable bonds is 2. The molecule has 2 fully saturated rings. The molecule has 2 saturated carbocycles. The number of Topliss-reactive ketones (excluding diaryl/α,β-unsaturated/α-hetero) is 1. The van der Waals surface area contributed by atoms with E-state index in [-0.39, 0.29) is 5.41 Å². The van der Waals surface area contributed by atoms with Crippen LogP contribution in [0, 0.1) is 23.2 Å². The van der Waals surface area contributed by atoms with Crippen LogP contribution in [0.1, 0.15) is 46.5 Å². The van der Waals surface area contributed by atoms with Crippen LogP contribution in [-0.2, 0) is 4.79 Å². The van der Waals surface area contributed by atoms with E-state index in [9.17, 15) is 4.79 Å². The Morgan fingerprint density at radius 2 is 2.00 bits per heavy atom. The first-order valence-electron chi connectivity index (χ1n) is 6.64. The molecule has 0 aliphatic heterocycles. The Morgan fingerprint density at radius 1 is 1.31 bits per heavy atom. The van der Waals surface area contributed by atoms with Crippen LogP contribution < -0.4 is 5.32 Å². The lowest BCUT2D eigenvalue weighted by atomic mass is 9.57. The third-order valence-corrected chi connectivity index (χ3v) is 5.10. The monoisotopic (exact) mass is 223 g/mol. The van der Waals surface area contributed by atoms with Gasteiger partial charge in [0, 0.05) is 11.5 Å². The molecule has 5 unspecified atom stereocenters. The zero-order chi connectivity index (χ0) is 11.9. The van der Waals surface area contributed by atoms with E-state index in [1.807, 2.05) is 0 Å². The van der Waals surface area contributed by atoms with Gasteiger partial charge in [-0.3, -0.25) is 4.79 Å². The Bertz CT molecular complexity index is 286. The highest BCUT2D eigenvalue weighted by molar-refractivity contribution is 5.82. The Labute approximate surface area is 99.2 Å². The molecule has 2 nitrogen and oxygen atoms in total. The largest absolute Gasteiger partial charge is 0.316 e. The van der Waals surface area contributed by atoms with Crippen molar-refractivity contribution >= 4 is 5.78 Å². The van der Waals surface area contributed by atoms with Crippen molar-refractivity contribution in [2.45, 2.75) is 52.5 Å². The zero-order valence-corrected chi connectivity index (χ0v) is 11.0. The maximum atomic E-state index is 11.8. The summed E-state index contributed by atoms with van der Waals surface area (Å²) in [6, 6.07) is 0.621. The number of hydrogen-bond acceptors (Lipinski definition) is 2. The van der Waals surface area contributed by atoms with Crippen LogP contribution in [-0.4, -0.2) is 18.9 Å². The van der Waals surface area contributed by atoms with Crippen LogP contribution in [0.2, 0.25) is 0 Å². The third kappa shape index (κ3) is 1.92. The number of carbonyl (C=O) groups excluding carboxylic acids is 1. The molecule has 2 aliphatic carbocycles. The minimum absolute atomic E-state index is 0.0389. The SMILES string of the molecule is CNC1C(C)CC2CC1CC(C)(C(C)=O)C2. The summed E-state index contributed by atoms with van der Waals surface area (Å²) in [6.45, 7) is 6.31. The molecule has 2 aliphatic rings. The average molecular weight is 223 g/mol. The Hall–Kier alpha value is -0.370. The molecule has 0 aromatic heterocycles. The highest BCUT2D eigenvalue weighted by atomic mass is 16.1. The fourth-order valence-electron chi connectivity index (χ4n) is 4.29. The first-order valence-corrected chi connectivity index (χ1v) is 6.64. The van der Waals surface area contributed by atoms with E-state index < -0.39 is 0 Å². The second-order valence-electron chi connectivity index (χ2n) is 6.41. The lowest BCUT2D eigenvalue weighted by Gasteiger charge is -2.50. The molecule has 16 heavy (non-hydrogen) atoms. The maximum absolute atomic E-state index is 11.8. The molecule has 92 valence electrons. The van der Waals surface area contributed by atoms with Crippen molar-refractivity contribution in [2.24, 2.45) is 23.2 Å². The van der Waals surface area contributed by atoms with Gasteiger partial charge in [-0.2, -0.15) is 0 Å². The van der Waals surface area contributed by atoms with E-state index in [0.29, 0.717) is 17.7 Å². The minimum atomic E-state index is -0.0389. The molecule has 0 heterocycles. The van der Waals surface area contributed by atoms with Crippen LogP contribution in [0.15, 0.2) is 0 Å². The molecule has 0 amide bonds. The molecular formula is C14H25NO. The van der Waals surface area contributed by atoms with E-state index in [4.69, 9.17) is 0 Å². The molecular weight excluding hydrogens is 198 g/mol. The van der Waals surface area contributed by atoms with Crippen molar-refractivity contribution in [3.05, 3.63) is 0 Å². The zero-order valence-electron chi connectivity index (χ0n) is 11.0. The molecule has 0 radical (unpaired) electrons. The summed E-state index contributed by atoms with van der Waals surface area (Å²) in [4.78, 5) is 11.8. The number of carbonyl (C=O) groups is 1. The van der Waals surface area contributed by atoms with Gasteiger partial charge in [0.05, 0.1) is 0 Å². The molecule has 1 N–H and O–H groups in total. The van der Waals surface area contributed by atoms with Gasteiger partial charge in [-0.25, -0.2) is 0 Å². The lowest BCUT2D eigenvalue weighted by Crippen LogP contribution is -2.51. The number of nitrogens with one attached hydrogen (secondary N) is 1. The predicted molar refractivity (Wildman–Crippen MR) is 66.2 cm³/mol. The molecule has 2 rings (SSSR count). The van der Waals surface area contributed by atoms with E-state index in [0.717, 1.165) is 24.7 Å². The smallest absolute Gasteiger partial charge is 0.135 e. The fraction of sp³-hybridized carbons (Fsp3) is 0.929. The van der Waals surface area contributed by atoms with Gasteiger partial charge >= 0.3 is 0 Å². The second-order valence-corrected chi connectivity index (χ2v) is 6.41. The van der Waals surface area contributed by atoms with Gasteiger partial charge in [0.15, 0.2) is 0 Å². The van der Waals surface area contributed by atoms with E-state index in [1.54, 1.807) is 6.92 Å². The van der Waals surface area contributed by atoms with Crippen LogP contribution >= 0.6 is 0 Å².